The summed E-state index contributed by atoms with van der Waals surface area (Å²) in [6.45, 7) is 0. The van der Waals surface area contributed by atoms with E-state index in [2.05, 4.69) is 0 Å². The van der Waals surface area contributed by atoms with Gasteiger partial charge in [0.1, 0.15) is 9.11 Å². The van der Waals surface area contributed by atoms with Crippen molar-refractivity contribution in [3.8, 4) is 0 Å². The summed E-state index contributed by atoms with van der Waals surface area (Å²) >= 11 is 1.12. The van der Waals surface area contributed by atoms with Gasteiger partial charge < -0.3 is 0 Å². The Bertz CT molecular complexity index is 1060. The average molecular weight is 352 g/mol. The minimum atomic E-state index is -3.86. The Morgan fingerprint density at radius 1 is 0.750 bits per heavy atom. The summed E-state index contributed by atoms with van der Waals surface area (Å²) in [6.07, 6.45) is 0. The normalized spacial score (nSPS) is 14.1. The number of thiophene rings is 1. The Hall–Kier alpha value is -2.50. The second-order valence-corrected chi connectivity index (χ2v) is 8.44. The molecule has 1 heterocycles. The van der Waals surface area contributed by atoms with Crippen LogP contribution in [0.5, 0.6) is 0 Å². The van der Waals surface area contributed by atoms with E-state index in [4.69, 9.17) is 0 Å². The zero-order valence-electron chi connectivity index (χ0n) is 12.5. The highest BCUT2D eigenvalue weighted by Crippen LogP contribution is 2.42. The molecule has 3 nitrogen and oxygen atoms in total. The van der Waals surface area contributed by atoms with E-state index in [1.54, 1.807) is 29.6 Å². The van der Waals surface area contributed by atoms with Crippen LogP contribution in [0.25, 0.3) is 5.57 Å². The maximum Gasteiger partial charge on any atom is 0.220 e. The number of carbonyl (C=O) groups excluding carboxylic acids is 1. The topological polar surface area (TPSA) is 51.2 Å². The van der Waals surface area contributed by atoms with Gasteiger partial charge in [0, 0.05) is 11.1 Å². The van der Waals surface area contributed by atoms with E-state index in [0.717, 1.165) is 16.9 Å². The van der Waals surface area contributed by atoms with Crippen LogP contribution in [0.4, 0.5) is 0 Å². The maximum absolute atomic E-state index is 13.1. The fourth-order valence-corrected chi connectivity index (χ4v) is 5.60. The van der Waals surface area contributed by atoms with Crippen molar-refractivity contribution < 1.29 is 13.2 Å². The number of ketones is 1. The van der Waals surface area contributed by atoms with Crippen molar-refractivity contribution in [2.75, 3.05) is 0 Å². The van der Waals surface area contributed by atoms with Crippen molar-refractivity contribution in [3.05, 3.63) is 93.7 Å². The molecule has 24 heavy (non-hydrogen) atoms. The van der Waals surface area contributed by atoms with E-state index < -0.39 is 15.6 Å². The smallest absolute Gasteiger partial charge is 0.220 e. The summed E-state index contributed by atoms with van der Waals surface area (Å²) < 4.78 is 26.4. The molecule has 0 spiro atoms. The average Bonchev–Trinajstić information content (AvgIpc) is 3.23. The third-order valence-corrected chi connectivity index (χ3v) is 7.17. The second kappa shape index (κ2) is 5.54. The van der Waals surface area contributed by atoms with Crippen molar-refractivity contribution in [2.45, 2.75) is 4.21 Å². The van der Waals surface area contributed by atoms with Gasteiger partial charge >= 0.3 is 0 Å². The number of benzene rings is 2. The Kier molecular flexibility index (Phi) is 3.48. The number of hydrogen-bond donors (Lipinski definition) is 0. The highest BCUT2D eigenvalue weighted by molar-refractivity contribution is 7.98. The van der Waals surface area contributed by atoms with Gasteiger partial charge in [-0.05, 0) is 22.6 Å². The van der Waals surface area contributed by atoms with Gasteiger partial charge in [0.25, 0.3) is 0 Å². The molecule has 0 aliphatic heterocycles. The van der Waals surface area contributed by atoms with Crippen LogP contribution in [0, 0.1) is 0 Å². The lowest BCUT2D eigenvalue weighted by atomic mass is 9.99. The van der Waals surface area contributed by atoms with Gasteiger partial charge in [0.05, 0.1) is 0 Å². The lowest BCUT2D eigenvalue weighted by Gasteiger charge is -2.08. The van der Waals surface area contributed by atoms with E-state index in [1.807, 2.05) is 36.4 Å². The Morgan fingerprint density at radius 2 is 1.42 bits per heavy atom. The number of fused-ring (bicyclic) bond motifs is 1. The SMILES string of the molecule is O=C1C(S(=O)(=O)c2cccs2)=C(c2ccccc2)c2ccccc21. The van der Waals surface area contributed by atoms with Crippen molar-refractivity contribution in [3.63, 3.8) is 0 Å². The molecule has 3 aromatic rings. The fourth-order valence-electron chi connectivity index (χ4n) is 2.92. The lowest BCUT2D eigenvalue weighted by molar-refractivity contribution is 0.104. The monoisotopic (exact) mass is 352 g/mol. The van der Waals surface area contributed by atoms with Crippen LogP contribution in [-0.2, 0) is 9.84 Å². The molecule has 1 aromatic heterocycles. The van der Waals surface area contributed by atoms with Crippen molar-refractivity contribution in [2.24, 2.45) is 0 Å². The molecule has 0 amide bonds. The van der Waals surface area contributed by atoms with Gasteiger partial charge in [-0.3, -0.25) is 4.79 Å². The van der Waals surface area contributed by atoms with Gasteiger partial charge in [0.2, 0.25) is 15.6 Å². The summed E-state index contributed by atoms with van der Waals surface area (Å²) in [5, 5.41) is 1.70. The lowest BCUT2D eigenvalue weighted by Crippen LogP contribution is -2.11. The first-order chi connectivity index (χ1) is 11.6. The number of allylic oxidation sites excluding steroid dienone is 1. The Balaban J connectivity index is 2.07. The molecule has 4 rings (SSSR count). The Morgan fingerprint density at radius 3 is 2.08 bits per heavy atom. The molecule has 0 radical (unpaired) electrons. The molecule has 0 saturated heterocycles. The molecule has 0 bridgehead atoms. The largest absolute Gasteiger partial charge is 0.288 e. The molecule has 118 valence electrons. The van der Waals surface area contributed by atoms with Crippen LogP contribution in [0.1, 0.15) is 21.5 Å². The molecular formula is C19H12O3S2. The van der Waals surface area contributed by atoms with Crippen LogP contribution < -0.4 is 0 Å². The first-order valence-electron chi connectivity index (χ1n) is 7.33. The van der Waals surface area contributed by atoms with Gasteiger partial charge in [-0.1, -0.05) is 60.7 Å². The number of sulfone groups is 1. The predicted molar refractivity (Wildman–Crippen MR) is 94.7 cm³/mol. The molecule has 0 fully saturated rings. The van der Waals surface area contributed by atoms with E-state index in [9.17, 15) is 13.2 Å². The van der Waals surface area contributed by atoms with E-state index >= 15 is 0 Å². The molecule has 2 aromatic carbocycles. The maximum atomic E-state index is 13.1. The van der Waals surface area contributed by atoms with Crippen molar-refractivity contribution >= 4 is 32.5 Å². The fraction of sp³-hybridized carbons (Fsp3) is 0. The second-order valence-electron chi connectivity index (χ2n) is 5.38. The zero-order chi connectivity index (χ0) is 16.7. The van der Waals surface area contributed by atoms with Gasteiger partial charge in [0.15, 0.2) is 0 Å². The summed E-state index contributed by atoms with van der Waals surface area (Å²) in [5.74, 6) is -0.433. The van der Waals surface area contributed by atoms with Crippen LogP contribution in [-0.4, -0.2) is 14.2 Å². The summed E-state index contributed by atoms with van der Waals surface area (Å²) in [4.78, 5) is 12.8. The van der Waals surface area contributed by atoms with Gasteiger partial charge in [-0.2, -0.15) is 0 Å². The van der Waals surface area contributed by atoms with Gasteiger partial charge in [-0.15, -0.1) is 11.3 Å². The van der Waals surface area contributed by atoms with Crippen LogP contribution in [0.2, 0.25) is 0 Å². The summed E-state index contributed by atoms with van der Waals surface area (Å²) in [7, 11) is -3.86. The van der Waals surface area contributed by atoms with E-state index in [-0.39, 0.29) is 9.11 Å². The number of hydrogen-bond acceptors (Lipinski definition) is 4. The number of Topliss-reactive ketones (excluding diaryl/α,β-unsaturated/α-hetero) is 1. The quantitative estimate of drug-likeness (QED) is 0.710. The molecule has 0 unspecified atom stereocenters. The predicted octanol–water partition coefficient (Wildman–Crippen LogP) is 4.18. The van der Waals surface area contributed by atoms with E-state index in [0.29, 0.717) is 16.7 Å². The van der Waals surface area contributed by atoms with Crippen molar-refractivity contribution in [1.82, 2.24) is 0 Å². The Labute approximate surface area is 143 Å². The van der Waals surface area contributed by atoms with E-state index in [1.165, 1.54) is 6.07 Å². The minimum Gasteiger partial charge on any atom is -0.288 e. The summed E-state index contributed by atoms with van der Waals surface area (Å²) in [6, 6.07) is 19.4. The third-order valence-electron chi connectivity index (χ3n) is 3.97. The minimum absolute atomic E-state index is 0.127. The highest BCUT2D eigenvalue weighted by atomic mass is 32.2. The molecule has 0 saturated carbocycles. The molecule has 1 aliphatic carbocycles. The number of carbonyl (C=O) groups is 1. The standard InChI is InChI=1S/C19H12O3S2/c20-18-15-10-5-4-9-14(15)17(13-7-2-1-3-8-13)19(18)24(21,22)16-11-6-12-23-16/h1-12H. The van der Waals surface area contributed by atoms with Crippen LogP contribution in [0.3, 0.4) is 0 Å². The third kappa shape index (κ3) is 2.17. The first-order valence-corrected chi connectivity index (χ1v) is 9.69. The molecule has 1 aliphatic rings. The van der Waals surface area contributed by atoms with Crippen molar-refractivity contribution in [1.29, 1.82) is 0 Å². The van der Waals surface area contributed by atoms with Crippen LogP contribution >= 0.6 is 11.3 Å². The molecule has 0 N–H and O–H groups in total. The molecule has 0 atom stereocenters. The molecule has 5 heteroatoms. The van der Waals surface area contributed by atoms with Crippen LogP contribution in [0.15, 0.2) is 81.2 Å². The zero-order valence-corrected chi connectivity index (χ0v) is 14.1. The number of rotatable bonds is 3. The summed E-state index contributed by atoms with van der Waals surface area (Å²) in [5.41, 5.74) is 2.32. The molecular weight excluding hydrogens is 340 g/mol. The highest BCUT2D eigenvalue weighted by Gasteiger charge is 2.39. The first kappa shape index (κ1) is 15.1. The van der Waals surface area contributed by atoms with Gasteiger partial charge in [-0.25, -0.2) is 8.42 Å².